The number of halogens is 22. The maximum Gasteiger partial charge on any atom is 0.410 e. The molecule has 0 rings (SSSR count). The minimum Gasteiger partial charge on any atom is -0.477 e. The fraction of sp³-hybridized carbons (Fsp3) is 0.917. The second-order valence-corrected chi connectivity index (χ2v) is 6.40. The van der Waals surface area contributed by atoms with Crippen LogP contribution in [0.4, 0.5) is 96.6 Å². The van der Waals surface area contributed by atoms with Gasteiger partial charge in [0.15, 0.2) is 0 Å². The van der Waals surface area contributed by atoms with Crippen molar-refractivity contribution in [1.29, 1.82) is 0 Å². The first kappa shape index (κ1) is 33.9. The summed E-state index contributed by atoms with van der Waals surface area (Å²) in [6.45, 7) is 0. The second-order valence-electron chi connectivity index (χ2n) is 6.40. The lowest BCUT2D eigenvalue weighted by Gasteiger charge is -2.44. The van der Waals surface area contributed by atoms with E-state index in [-0.39, 0.29) is 0 Å². The Balaban J connectivity index is 7.18. The lowest BCUT2D eigenvalue weighted by atomic mass is 9.85. The summed E-state index contributed by atoms with van der Waals surface area (Å²) in [6, 6.07) is 0. The lowest BCUT2D eigenvalue weighted by molar-refractivity contribution is -0.470. The van der Waals surface area contributed by atoms with Crippen molar-refractivity contribution in [2.45, 2.75) is 65.7 Å². The average molecular weight is 596 g/mol. The van der Waals surface area contributed by atoms with Crippen LogP contribution < -0.4 is 0 Å². The summed E-state index contributed by atoms with van der Waals surface area (Å²) in [5.74, 6) is -92.4. The summed E-state index contributed by atoms with van der Waals surface area (Å²) < 4.78 is 286. The van der Waals surface area contributed by atoms with Gasteiger partial charge in [0.25, 0.3) is 0 Å². The quantitative estimate of drug-likeness (QED) is 0.270. The summed E-state index contributed by atoms with van der Waals surface area (Å²) in [5, 5.41) is 7.64. The molecule has 0 saturated carbocycles. The number of carbonyl (C=O) groups is 1. The summed E-state index contributed by atoms with van der Waals surface area (Å²) in [4.78, 5) is 9.86. The minimum absolute atomic E-state index is 4.58. The van der Waals surface area contributed by atoms with Crippen LogP contribution in [0.2, 0.25) is 0 Å². The third kappa shape index (κ3) is 3.69. The normalized spacial score (nSPS) is 16.5. The predicted molar refractivity (Wildman–Crippen MR) is 63.1 cm³/mol. The summed E-state index contributed by atoms with van der Waals surface area (Å²) in [6.07, 6.45) is -6.22. The van der Waals surface area contributed by atoms with Crippen molar-refractivity contribution in [3.63, 3.8) is 0 Å². The van der Waals surface area contributed by atoms with Crippen LogP contribution in [0.3, 0.4) is 0 Å². The maximum absolute atomic E-state index is 13.4. The molecule has 36 heavy (non-hydrogen) atoms. The predicted octanol–water partition coefficient (Wildman–Crippen LogP) is 6.69. The number of carboxylic acids is 1. The minimum atomic E-state index is -9.37. The molecular formula is C12H2F22O2. The SMILES string of the molecule is O=C(O)C(F)(F)C(F)(F)C(F)(F)C(F)(F)C(F)(F)C(F)(F)C(F)(F)C(F)(F)C(F)(F)C(F)(F)C(F)F. The van der Waals surface area contributed by atoms with Gasteiger partial charge in [-0.1, -0.05) is 0 Å². The van der Waals surface area contributed by atoms with Crippen LogP contribution in [0.1, 0.15) is 0 Å². The van der Waals surface area contributed by atoms with E-state index in [0.717, 1.165) is 0 Å². The van der Waals surface area contributed by atoms with Gasteiger partial charge in [-0.2, -0.15) is 87.8 Å². The highest BCUT2D eigenvalue weighted by Crippen LogP contribution is 2.66. The zero-order valence-corrected chi connectivity index (χ0v) is 15.2. The molecule has 0 amide bonds. The Morgan fingerprint density at radius 3 is 0.806 bits per heavy atom. The van der Waals surface area contributed by atoms with Crippen molar-refractivity contribution in [2.75, 3.05) is 0 Å². The second kappa shape index (κ2) is 8.21. The summed E-state index contributed by atoms with van der Waals surface area (Å²) in [5.41, 5.74) is 0. The molecule has 0 aromatic heterocycles. The molecule has 0 radical (unpaired) electrons. The molecule has 2 nitrogen and oxygen atoms in total. The largest absolute Gasteiger partial charge is 0.477 e. The third-order valence-corrected chi connectivity index (χ3v) is 4.12. The Bertz CT molecular complexity index is 840. The van der Waals surface area contributed by atoms with Crippen molar-refractivity contribution in [2.24, 2.45) is 0 Å². The van der Waals surface area contributed by atoms with Crippen molar-refractivity contribution in [1.82, 2.24) is 0 Å². The van der Waals surface area contributed by atoms with E-state index in [4.69, 9.17) is 5.11 Å². The Morgan fingerprint density at radius 1 is 0.417 bits per heavy atom. The molecule has 0 aliphatic carbocycles. The third-order valence-electron chi connectivity index (χ3n) is 4.12. The molecular weight excluding hydrogens is 594 g/mol. The van der Waals surface area contributed by atoms with Crippen LogP contribution in [0.25, 0.3) is 0 Å². The summed E-state index contributed by atoms with van der Waals surface area (Å²) >= 11 is 0. The highest BCUT2D eigenvalue weighted by atomic mass is 19.4. The fourth-order valence-electron chi connectivity index (χ4n) is 1.86. The van der Waals surface area contributed by atoms with Crippen molar-refractivity contribution in [3.8, 4) is 0 Å². The van der Waals surface area contributed by atoms with Gasteiger partial charge in [0.05, 0.1) is 0 Å². The molecule has 0 atom stereocenters. The van der Waals surface area contributed by atoms with E-state index < -0.39 is 71.6 Å². The molecule has 0 aromatic rings. The molecule has 24 heteroatoms. The molecule has 0 saturated heterocycles. The van der Waals surface area contributed by atoms with E-state index in [1.807, 2.05) is 0 Å². The molecule has 0 unspecified atom stereocenters. The van der Waals surface area contributed by atoms with Gasteiger partial charge in [0, 0.05) is 0 Å². The number of aliphatic carboxylic acids is 1. The van der Waals surface area contributed by atoms with Gasteiger partial charge in [-0.3, -0.25) is 0 Å². The fourth-order valence-corrected chi connectivity index (χ4v) is 1.86. The Kier molecular flexibility index (Phi) is 7.74. The van der Waals surface area contributed by atoms with E-state index in [0.29, 0.717) is 0 Å². The molecule has 216 valence electrons. The van der Waals surface area contributed by atoms with Crippen LogP contribution in [-0.2, 0) is 4.79 Å². The van der Waals surface area contributed by atoms with Crippen LogP contribution in [-0.4, -0.2) is 76.7 Å². The van der Waals surface area contributed by atoms with Crippen molar-refractivity contribution in [3.05, 3.63) is 0 Å². The number of hydrogen-bond acceptors (Lipinski definition) is 1. The molecule has 0 heterocycles. The standard InChI is InChI=1S/C12H2F22O2/c13-1(14)3(15,16)5(19,20)7(23,24)9(27,28)11(31,32)12(33,34)10(29,30)8(25,26)6(21,22)4(17,18)2(35)36/h1H,(H,35,36). The highest BCUT2D eigenvalue weighted by molar-refractivity contribution is 5.77. The first-order chi connectivity index (χ1) is 15.1. The van der Waals surface area contributed by atoms with Crippen LogP contribution in [0.5, 0.6) is 0 Å². The molecule has 0 spiro atoms. The Labute approximate surface area is 179 Å². The van der Waals surface area contributed by atoms with Crippen molar-refractivity contribution < 1.29 is 106 Å². The molecule has 0 bridgehead atoms. The van der Waals surface area contributed by atoms with Crippen molar-refractivity contribution >= 4 is 5.97 Å². The van der Waals surface area contributed by atoms with Crippen LogP contribution in [0, 0.1) is 0 Å². The van der Waals surface area contributed by atoms with Gasteiger partial charge in [0.2, 0.25) is 0 Å². The first-order valence-corrected chi connectivity index (χ1v) is 7.43. The molecule has 1 N–H and O–H groups in total. The van der Waals surface area contributed by atoms with Gasteiger partial charge in [-0.15, -0.1) is 0 Å². The van der Waals surface area contributed by atoms with Crippen LogP contribution in [0.15, 0.2) is 0 Å². The van der Waals surface area contributed by atoms with E-state index in [9.17, 15) is 101 Å². The monoisotopic (exact) mass is 596 g/mol. The highest BCUT2D eigenvalue weighted by Gasteiger charge is 2.98. The van der Waals surface area contributed by atoms with Gasteiger partial charge in [-0.25, -0.2) is 13.6 Å². The molecule has 0 aromatic carbocycles. The molecule has 0 aliphatic rings. The van der Waals surface area contributed by atoms with Crippen LogP contribution >= 0.6 is 0 Å². The molecule has 0 aliphatic heterocycles. The van der Waals surface area contributed by atoms with Gasteiger partial charge in [0.1, 0.15) is 0 Å². The summed E-state index contributed by atoms with van der Waals surface area (Å²) in [7, 11) is 0. The smallest absolute Gasteiger partial charge is 0.410 e. The number of carboxylic acid groups (broad SMARTS) is 1. The maximum atomic E-state index is 13.4. The van der Waals surface area contributed by atoms with Gasteiger partial charge in [-0.05, 0) is 0 Å². The van der Waals surface area contributed by atoms with E-state index >= 15 is 0 Å². The van der Waals surface area contributed by atoms with E-state index in [2.05, 4.69) is 0 Å². The zero-order chi connectivity index (χ0) is 30.2. The number of hydrogen-bond donors (Lipinski definition) is 1. The first-order valence-electron chi connectivity index (χ1n) is 7.43. The Hall–Kier alpha value is -2.07. The average Bonchev–Trinajstić information content (AvgIpc) is 2.65. The van der Waals surface area contributed by atoms with Gasteiger partial charge < -0.3 is 5.11 Å². The van der Waals surface area contributed by atoms with E-state index in [1.54, 1.807) is 0 Å². The number of alkyl halides is 22. The molecule has 0 fully saturated rings. The lowest BCUT2D eigenvalue weighted by Crippen LogP contribution is -2.77. The Morgan fingerprint density at radius 2 is 0.611 bits per heavy atom. The number of rotatable bonds is 11. The zero-order valence-electron chi connectivity index (χ0n) is 15.2. The van der Waals surface area contributed by atoms with Gasteiger partial charge >= 0.3 is 71.6 Å². The van der Waals surface area contributed by atoms with E-state index in [1.165, 1.54) is 0 Å². The topological polar surface area (TPSA) is 37.3 Å².